The fourth-order valence-corrected chi connectivity index (χ4v) is 3.18. The second-order valence-electron chi connectivity index (χ2n) is 6.39. The van der Waals surface area contributed by atoms with E-state index in [4.69, 9.17) is 4.52 Å². The highest BCUT2D eigenvalue weighted by Crippen LogP contribution is 2.32. The van der Waals surface area contributed by atoms with Gasteiger partial charge in [-0.15, -0.1) is 5.10 Å². The molecule has 2 aromatic heterocycles. The van der Waals surface area contributed by atoms with Crippen molar-refractivity contribution in [1.82, 2.24) is 30.3 Å². The topological polar surface area (TPSA) is 82.5 Å². The molecule has 0 aromatic carbocycles. The van der Waals surface area contributed by atoms with E-state index in [1.165, 1.54) is 12.8 Å². The number of tetrazole rings is 1. The molecule has 0 atom stereocenters. The summed E-state index contributed by atoms with van der Waals surface area (Å²) in [6.07, 6.45) is 4.83. The number of hydrogen-bond donors (Lipinski definition) is 0. The molecule has 0 N–H and O–H groups in total. The van der Waals surface area contributed by atoms with Gasteiger partial charge >= 0.3 is 0 Å². The third-order valence-corrected chi connectivity index (χ3v) is 4.52. The number of hydrogen-bond acceptors (Lipinski definition) is 7. The molecule has 0 radical (unpaired) electrons. The molecule has 2 heterocycles. The Kier molecular flexibility index (Phi) is 3.97. The maximum atomic E-state index is 5.30. The molecule has 0 bridgehead atoms. The molecule has 0 spiro atoms. The lowest BCUT2D eigenvalue weighted by Gasteiger charge is -2.11. The Hall–Kier alpha value is -1.44. The molecule has 3 rings (SSSR count). The van der Waals surface area contributed by atoms with Crippen LogP contribution in [0.25, 0.3) is 0 Å². The first kappa shape index (κ1) is 14.5. The molecule has 114 valence electrons. The van der Waals surface area contributed by atoms with Gasteiger partial charge in [0.1, 0.15) is 0 Å². The van der Waals surface area contributed by atoms with Crippen molar-refractivity contribution in [3.63, 3.8) is 0 Å². The number of nitrogens with zero attached hydrogens (tertiary/aromatic N) is 6. The average Bonchev–Trinajstić information content (AvgIpc) is 3.16. The zero-order chi connectivity index (χ0) is 14.9. The third kappa shape index (κ3) is 3.25. The first-order chi connectivity index (χ1) is 10.0. The molecule has 1 aliphatic rings. The van der Waals surface area contributed by atoms with Gasteiger partial charge in [0.05, 0.1) is 11.8 Å². The van der Waals surface area contributed by atoms with Crippen molar-refractivity contribution < 1.29 is 4.52 Å². The first-order valence-electron chi connectivity index (χ1n) is 7.28. The van der Waals surface area contributed by atoms with Gasteiger partial charge in [-0.25, -0.2) is 4.68 Å². The zero-order valence-electron chi connectivity index (χ0n) is 12.6. The summed E-state index contributed by atoms with van der Waals surface area (Å²) in [5.41, 5.74) is -0.0994. The average molecular weight is 308 g/mol. The third-order valence-electron chi connectivity index (χ3n) is 3.60. The van der Waals surface area contributed by atoms with E-state index in [1.807, 2.05) is 4.68 Å². The Balaban J connectivity index is 1.65. The lowest BCUT2D eigenvalue weighted by atomic mass is 9.96. The number of rotatable bonds is 4. The second kappa shape index (κ2) is 5.75. The van der Waals surface area contributed by atoms with Crippen LogP contribution in [0.15, 0.2) is 9.68 Å². The van der Waals surface area contributed by atoms with Gasteiger partial charge in [-0.1, -0.05) is 50.5 Å². The van der Waals surface area contributed by atoms with Gasteiger partial charge in [0, 0.05) is 5.41 Å². The smallest absolute Gasteiger partial charge is 0.237 e. The predicted octanol–water partition coefficient (Wildman–Crippen LogP) is 2.76. The van der Waals surface area contributed by atoms with Crippen molar-refractivity contribution in [2.75, 3.05) is 0 Å². The Morgan fingerprint density at radius 3 is 2.71 bits per heavy atom. The fourth-order valence-electron chi connectivity index (χ4n) is 2.40. The van der Waals surface area contributed by atoms with E-state index < -0.39 is 0 Å². The molecule has 7 nitrogen and oxygen atoms in total. The molecule has 0 aliphatic heterocycles. The molecule has 0 amide bonds. The van der Waals surface area contributed by atoms with E-state index in [0.29, 0.717) is 17.7 Å². The predicted molar refractivity (Wildman–Crippen MR) is 77.9 cm³/mol. The maximum Gasteiger partial charge on any atom is 0.237 e. The van der Waals surface area contributed by atoms with E-state index in [2.05, 4.69) is 46.4 Å². The molecule has 0 saturated heterocycles. The van der Waals surface area contributed by atoms with Gasteiger partial charge < -0.3 is 4.52 Å². The van der Waals surface area contributed by atoms with Crippen molar-refractivity contribution in [2.24, 2.45) is 0 Å². The van der Waals surface area contributed by atoms with Gasteiger partial charge in [0.25, 0.3) is 0 Å². The van der Waals surface area contributed by atoms with Crippen LogP contribution in [0.1, 0.15) is 64.2 Å². The van der Waals surface area contributed by atoms with E-state index in [1.54, 1.807) is 11.8 Å². The van der Waals surface area contributed by atoms with E-state index in [9.17, 15) is 0 Å². The summed E-state index contributed by atoms with van der Waals surface area (Å²) in [5, 5.41) is 16.9. The minimum Gasteiger partial charge on any atom is -0.338 e. The van der Waals surface area contributed by atoms with Gasteiger partial charge in [-0.3, -0.25) is 0 Å². The van der Waals surface area contributed by atoms with Crippen LogP contribution in [-0.2, 0) is 11.2 Å². The second-order valence-corrected chi connectivity index (χ2v) is 7.34. The molecule has 1 saturated carbocycles. The minimum absolute atomic E-state index is 0.0994. The maximum absolute atomic E-state index is 5.30. The van der Waals surface area contributed by atoms with Gasteiger partial charge in [-0.05, 0) is 23.3 Å². The lowest BCUT2D eigenvalue weighted by molar-refractivity contribution is 0.372. The summed E-state index contributed by atoms with van der Waals surface area (Å²) in [4.78, 5) is 4.43. The summed E-state index contributed by atoms with van der Waals surface area (Å²) in [5.74, 6) is 1.94. The van der Waals surface area contributed by atoms with Gasteiger partial charge in [0.2, 0.25) is 11.0 Å². The monoisotopic (exact) mass is 308 g/mol. The minimum atomic E-state index is -0.0994. The van der Waals surface area contributed by atoms with Crippen LogP contribution in [0, 0.1) is 0 Å². The van der Waals surface area contributed by atoms with E-state index in [-0.39, 0.29) is 5.41 Å². The van der Waals surface area contributed by atoms with Crippen LogP contribution in [0.3, 0.4) is 0 Å². The highest BCUT2D eigenvalue weighted by atomic mass is 32.2. The summed E-state index contributed by atoms with van der Waals surface area (Å²) < 4.78 is 7.24. The largest absolute Gasteiger partial charge is 0.338 e. The molecular formula is C13H20N6OS. The Labute approximate surface area is 127 Å². The molecule has 0 unspecified atom stereocenters. The van der Waals surface area contributed by atoms with Gasteiger partial charge in [0.15, 0.2) is 5.82 Å². The molecule has 8 heteroatoms. The standard InChI is InChI=1S/C13H20N6OS/c1-13(2,3)11-14-10(20-16-11)8-21-12-15-17-18-19(12)9-6-4-5-7-9/h9H,4-8H2,1-3H3. The summed E-state index contributed by atoms with van der Waals surface area (Å²) in [6, 6.07) is 0.440. The zero-order valence-corrected chi connectivity index (χ0v) is 13.4. The van der Waals surface area contributed by atoms with Crippen LogP contribution >= 0.6 is 11.8 Å². The lowest BCUT2D eigenvalue weighted by Crippen LogP contribution is -2.13. The highest BCUT2D eigenvalue weighted by Gasteiger charge is 2.23. The van der Waals surface area contributed by atoms with E-state index >= 15 is 0 Å². The molecule has 21 heavy (non-hydrogen) atoms. The molecule has 1 aliphatic carbocycles. The normalized spacial score (nSPS) is 16.7. The van der Waals surface area contributed by atoms with Gasteiger partial charge in [-0.2, -0.15) is 4.98 Å². The summed E-state index contributed by atoms with van der Waals surface area (Å²) in [6.45, 7) is 6.19. The molecule has 2 aromatic rings. The van der Waals surface area contributed by atoms with Crippen LogP contribution < -0.4 is 0 Å². The molecular weight excluding hydrogens is 288 g/mol. The summed E-state index contributed by atoms with van der Waals surface area (Å²) in [7, 11) is 0. The van der Waals surface area contributed by atoms with Crippen molar-refractivity contribution in [2.45, 2.75) is 68.8 Å². The molecule has 1 fully saturated rings. The Morgan fingerprint density at radius 1 is 1.29 bits per heavy atom. The highest BCUT2D eigenvalue weighted by molar-refractivity contribution is 7.98. The summed E-state index contributed by atoms with van der Waals surface area (Å²) >= 11 is 1.55. The van der Waals surface area contributed by atoms with Crippen LogP contribution in [0.4, 0.5) is 0 Å². The van der Waals surface area contributed by atoms with Crippen LogP contribution in [-0.4, -0.2) is 30.3 Å². The number of aromatic nitrogens is 6. The van der Waals surface area contributed by atoms with E-state index in [0.717, 1.165) is 23.8 Å². The van der Waals surface area contributed by atoms with Crippen molar-refractivity contribution in [3.8, 4) is 0 Å². The van der Waals surface area contributed by atoms with Crippen LogP contribution in [0.2, 0.25) is 0 Å². The van der Waals surface area contributed by atoms with Crippen molar-refractivity contribution in [1.29, 1.82) is 0 Å². The Bertz CT molecular complexity index is 596. The number of thioether (sulfide) groups is 1. The first-order valence-corrected chi connectivity index (χ1v) is 8.26. The SMILES string of the molecule is CC(C)(C)c1noc(CSc2nnnn2C2CCCC2)n1. The Morgan fingerprint density at radius 2 is 2.05 bits per heavy atom. The quantitative estimate of drug-likeness (QED) is 0.803. The fraction of sp³-hybridized carbons (Fsp3) is 0.769. The van der Waals surface area contributed by atoms with Crippen LogP contribution in [0.5, 0.6) is 0 Å². The van der Waals surface area contributed by atoms with Crippen molar-refractivity contribution >= 4 is 11.8 Å². The van der Waals surface area contributed by atoms with Crippen molar-refractivity contribution in [3.05, 3.63) is 11.7 Å².